The third-order valence-corrected chi connectivity index (χ3v) is 6.76. The van der Waals surface area contributed by atoms with Crippen molar-refractivity contribution in [2.75, 3.05) is 19.5 Å². The summed E-state index contributed by atoms with van der Waals surface area (Å²) in [4.78, 5) is 23.7. The topological polar surface area (TPSA) is 86.0 Å². The molecule has 186 valence electrons. The van der Waals surface area contributed by atoms with Crippen LogP contribution in [0.2, 0.25) is 5.02 Å². The monoisotopic (exact) mass is 531 g/mol. The number of fused-ring (bicyclic) bond motifs is 1. The summed E-state index contributed by atoms with van der Waals surface area (Å²) in [6.45, 7) is 1.96. The second-order valence-corrected chi connectivity index (χ2v) is 9.68. The van der Waals surface area contributed by atoms with Gasteiger partial charge in [-0.05, 0) is 43.3 Å². The lowest BCUT2D eigenvalue weighted by Gasteiger charge is -2.08. The average Bonchev–Trinajstić information content (AvgIpc) is 3.27. The molecule has 9 heteroatoms. The van der Waals surface area contributed by atoms with Crippen molar-refractivity contribution in [3.05, 3.63) is 93.8 Å². The van der Waals surface area contributed by atoms with Gasteiger partial charge in [0.1, 0.15) is 11.3 Å². The smallest absolute Gasteiger partial charge is 0.262 e. The van der Waals surface area contributed by atoms with E-state index in [1.807, 2.05) is 55.5 Å². The summed E-state index contributed by atoms with van der Waals surface area (Å²) in [5.74, 6) is 0.778. The average molecular weight is 532 g/mol. The lowest BCUT2D eigenvalue weighted by atomic mass is 10.1. The van der Waals surface area contributed by atoms with Crippen LogP contribution in [0.25, 0.3) is 22.2 Å². The largest absolute Gasteiger partial charge is 0.497 e. The van der Waals surface area contributed by atoms with Gasteiger partial charge in [-0.25, -0.2) is 9.98 Å². The van der Waals surface area contributed by atoms with E-state index in [9.17, 15) is 4.79 Å². The zero-order valence-electron chi connectivity index (χ0n) is 20.2. The second kappa shape index (κ2) is 10.5. The van der Waals surface area contributed by atoms with Gasteiger partial charge in [0.05, 0.1) is 25.6 Å². The van der Waals surface area contributed by atoms with Crippen molar-refractivity contribution in [3.63, 3.8) is 0 Å². The summed E-state index contributed by atoms with van der Waals surface area (Å²) in [6, 6.07) is 21.8. The lowest BCUT2D eigenvalue weighted by Crippen LogP contribution is -2.21. The van der Waals surface area contributed by atoms with Gasteiger partial charge < -0.3 is 13.9 Å². The number of aryl methyl sites for hydroxylation is 1. The number of thiazole rings is 1. The fourth-order valence-electron chi connectivity index (χ4n) is 3.82. The number of hydrogen-bond acceptors (Lipinski definition) is 7. The highest BCUT2D eigenvalue weighted by molar-refractivity contribution is 7.16. The number of methoxy groups -OCH3 is 2. The maximum atomic E-state index is 13.5. The van der Waals surface area contributed by atoms with Gasteiger partial charge in [-0.2, -0.15) is 0 Å². The minimum absolute atomic E-state index is 0.133. The number of benzene rings is 3. The Kier molecular flexibility index (Phi) is 6.94. The number of halogens is 1. The van der Waals surface area contributed by atoms with Crippen molar-refractivity contribution >= 4 is 50.6 Å². The van der Waals surface area contributed by atoms with E-state index in [4.69, 9.17) is 25.5 Å². The molecule has 0 aliphatic rings. The molecule has 2 aromatic heterocycles. The van der Waals surface area contributed by atoms with Gasteiger partial charge in [0.15, 0.2) is 16.5 Å². The minimum atomic E-state index is -0.397. The number of nitrogens with one attached hydrogen (secondary N) is 1. The number of carbonyl (C=O) groups excluding carboxylic acids is 1. The molecule has 7 nitrogen and oxygen atoms in total. The third kappa shape index (κ3) is 5.21. The Hall–Kier alpha value is -4.14. The summed E-state index contributed by atoms with van der Waals surface area (Å²) in [7, 11) is 3.14. The molecule has 0 saturated carbocycles. The molecule has 0 aliphatic heterocycles. The summed E-state index contributed by atoms with van der Waals surface area (Å²) >= 11 is 7.41. The molecule has 0 fully saturated rings. The van der Waals surface area contributed by atoms with Crippen LogP contribution in [0, 0.1) is 6.92 Å². The summed E-state index contributed by atoms with van der Waals surface area (Å²) in [6.07, 6.45) is 0. The van der Waals surface area contributed by atoms with Gasteiger partial charge in [-0.3, -0.25) is 10.1 Å². The predicted molar refractivity (Wildman–Crippen MR) is 146 cm³/mol. The number of amides is 1. The summed E-state index contributed by atoms with van der Waals surface area (Å²) in [5.41, 5.74) is 3.14. The molecule has 0 bridgehead atoms. The van der Waals surface area contributed by atoms with Crippen LogP contribution in [0.1, 0.15) is 15.2 Å². The van der Waals surface area contributed by atoms with Crippen LogP contribution >= 0.6 is 22.9 Å². The molecule has 0 saturated heterocycles. The van der Waals surface area contributed by atoms with Crippen LogP contribution in [-0.2, 0) is 0 Å². The van der Waals surface area contributed by atoms with E-state index in [-0.39, 0.29) is 11.1 Å². The Balaban J connectivity index is 1.58. The van der Waals surface area contributed by atoms with Gasteiger partial charge in [-0.15, -0.1) is 11.3 Å². The number of hydrogen-bond donors (Lipinski definition) is 1. The molecule has 0 radical (unpaired) electrons. The quantitative estimate of drug-likeness (QED) is 0.254. The molecular weight excluding hydrogens is 510 g/mol. The van der Waals surface area contributed by atoms with Crippen LogP contribution in [0.3, 0.4) is 0 Å². The Morgan fingerprint density at radius 1 is 1.03 bits per heavy atom. The molecule has 0 spiro atoms. The Morgan fingerprint density at radius 3 is 2.57 bits per heavy atom. The highest BCUT2D eigenvalue weighted by Crippen LogP contribution is 2.31. The van der Waals surface area contributed by atoms with Crippen LogP contribution in [0.4, 0.5) is 10.8 Å². The molecule has 5 rings (SSSR count). The Bertz CT molecular complexity index is 1680. The highest BCUT2D eigenvalue weighted by Gasteiger charge is 2.18. The molecule has 0 unspecified atom stereocenters. The standard InChI is InChI=1S/C28H22ClN3O4S/c1-16-24(17-10-12-19(29)13-11-17)31-28(37-16)32-26(33)22-14-18-6-4-9-23(35-3)25(18)36-27(22)30-20-7-5-8-21(15-20)34-2/h4-15H,1-3H3,(H,31,32,33). The van der Waals surface area contributed by atoms with Crippen LogP contribution in [0.15, 0.2) is 82.2 Å². The number of carbonyl (C=O) groups is 1. The number of ether oxygens (including phenoxy) is 2. The normalized spacial score (nSPS) is 11.5. The zero-order chi connectivity index (χ0) is 25.9. The van der Waals surface area contributed by atoms with E-state index in [0.29, 0.717) is 38.3 Å². The highest BCUT2D eigenvalue weighted by atomic mass is 35.5. The predicted octanol–water partition coefficient (Wildman–Crippen LogP) is 7.02. The van der Waals surface area contributed by atoms with Crippen molar-refractivity contribution in [2.24, 2.45) is 4.99 Å². The van der Waals surface area contributed by atoms with Gasteiger partial charge in [-0.1, -0.05) is 41.9 Å². The molecule has 0 atom stereocenters. The molecular formula is C28H22ClN3O4S. The minimum Gasteiger partial charge on any atom is -0.497 e. The molecule has 5 aromatic rings. The van der Waals surface area contributed by atoms with E-state index < -0.39 is 5.91 Å². The number of anilines is 1. The maximum absolute atomic E-state index is 13.5. The van der Waals surface area contributed by atoms with Gasteiger partial charge in [0, 0.05) is 26.9 Å². The first kappa shape index (κ1) is 24.5. The van der Waals surface area contributed by atoms with Crippen molar-refractivity contribution in [3.8, 4) is 22.8 Å². The Morgan fingerprint density at radius 2 is 1.81 bits per heavy atom. The van der Waals surface area contributed by atoms with E-state index in [1.165, 1.54) is 11.3 Å². The lowest BCUT2D eigenvalue weighted by molar-refractivity contribution is 0.102. The van der Waals surface area contributed by atoms with E-state index in [1.54, 1.807) is 38.5 Å². The van der Waals surface area contributed by atoms with Crippen LogP contribution < -0.4 is 20.3 Å². The third-order valence-electron chi connectivity index (χ3n) is 5.62. The number of aromatic nitrogens is 1. The van der Waals surface area contributed by atoms with Crippen molar-refractivity contribution in [1.82, 2.24) is 4.98 Å². The number of para-hydroxylation sites is 1. The molecule has 1 N–H and O–H groups in total. The van der Waals surface area contributed by atoms with E-state index in [0.717, 1.165) is 16.1 Å². The van der Waals surface area contributed by atoms with Crippen molar-refractivity contribution < 1.29 is 18.7 Å². The Labute approximate surface area is 222 Å². The summed E-state index contributed by atoms with van der Waals surface area (Å²) in [5, 5.41) is 4.72. The number of rotatable bonds is 6. The van der Waals surface area contributed by atoms with Gasteiger partial charge in [0.25, 0.3) is 5.91 Å². The molecule has 3 aromatic carbocycles. The van der Waals surface area contributed by atoms with Crippen LogP contribution in [0.5, 0.6) is 11.5 Å². The van der Waals surface area contributed by atoms with Gasteiger partial charge in [0.2, 0.25) is 5.55 Å². The molecule has 2 heterocycles. The SMILES string of the molecule is COc1cccc(N=c2oc3c(OC)cccc3cc2C(=O)Nc2nc(-c3ccc(Cl)cc3)c(C)s2)c1. The first-order valence-electron chi connectivity index (χ1n) is 11.3. The van der Waals surface area contributed by atoms with Crippen molar-refractivity contribution in [1.29, 1.82) is 0 Å². The first-order valence-corrected chi connectivity index (χ1v) is 12.5. The number of nitrogens with zero attached hydrogens (tertiary/aromatic N) is 2. The summed E-state index contributed by atoms with van der Waals surface area (Å²) < 4.78 is 16.9. The zero-order valence-corrected chi connectivity index (χ0v) is 21.8. The van der Waals surface area contributed by atoms with Crippen molar-refractivity contribution in [2.45, 2.75) is 6.92 Å². The maximum Gasteiger partial charge on any atom is 0.262 e. The second-order valence-electron chi connectivity index (χ2n) is 8.04. The molecule has 0 aliphatic carbocycles. The van der Waals surface area contributed by atoms with E-state index in [2.05, 4.69) is 15.3 Å². The fraction of sp³-hybridized carbons (Fsp3) is 0.107. The van der Waals surface area contributed by atoms with Crippen LogP contribution in [-0.4, -0.2) is 25.1 Å². The van der Waals surface area contributed by atoms with Gasteiger partial charge >= 0.3 is 0 Å². The fourth-order valence-corrected chi connectivity index (χ4v) is 4.78. The first-order chi connectivity index (χ1) is 17.9. The van der Waals surface area contributed by atoms with E-state index >= 15 is 0 Å². The molecule has 37 heavy (non-hydrogen) atoms. The molecule has 1 amide bonds.